The van der Waals surface area contributed by atoms with Gasteiger partial charge in [-0.1, -0.05) is 18.2 Å². The number of carbonyl (C=O) groups excluding carboxylic acids is 2. The molecule has 1 saturated carbocycles. The van der Waals surface area contributed by atoms with Gasteiger partial charge in [0.05, 0.1) is 12.7 Å². The van der Waals surface area contributed by atoms with E-state index >= 15 is 0 Å². The molecule has 0 aromatic heterocycles. The summed E-state index contributed by atoms with van der Waals surface area (Å²) >= 11 is 0. The third kappa shape index (κ3) is 5.33. The molecular weight excluding hydrogens is 396 g/mol. The molecule has 8 nitrogen and oxygen atoms in total. The van der Waals surface area contributed by atoms with Gasteiger partial charge in [0.1, 0.15) is 10.6 Å². The molecule has 2 aromatic rings. The number of anilines is 1. The van der Waals surface area contributed by atoms with Crippen LogP contribution in [0, 0.1) is 0 Å². The molecule has 3 rings (SSSR count). The predicted octanol–water partition coefficient (Wildman–Crippen LogP) is 2.32. The number of esters is 1. The van der Waals surface area contributed by atoms with Crippen molar-refractivity contribution >= 4 is 27.6 Å². The zero-order valence-electron chi connectivity index (χ0n) is 16.0. The van der Waals surface area contributed by atoms with Crippen LogP contribution in [0.25, 0.3) is 0 Å². The zero-order valence-corrected chi connectivity index (χ0v) is 16.9. The fraction of sp³-hybridized carbons (Fsp3) is 0.300. The molecule has 9 heteroatoms. The van der Waals surface area contributed by atoms with E-state index in [1.807, 2.05) is 6.07 Å². The summed E-state index contributed by atoms with van der Waals surface area (Å²) in [4.78, 5) is 24.5. The topological polar surface area (TPSA) is 111 Å². The summed E-state index contributed by atoms with van der Waals surface area (Å²) in [6, 6.07) is 12.6. The fourth-order valence-corrected chi connectivity index (χ4v) is 4.05. The van der Waals surface area contributed by atoms with Gasteiger partial charge >= 0.3 is 5.97 Å². The first-order valence-corrected chi connectivity index (χ1v) is 10.6. The normalized spacial score (nSPS) is 14.7. The Labute approximate surface area is 169 Å². The molecule has 0 bridgehead atoms. The summed E-state index contributed by atoms with van der Waals surface area (Å²) in [5, 5.41) is 2.64. The molecule has 154 valence electrons. The van der Waals surface area contributed by atoms with Gasteiger partial charge in [-0.15, -0.1) is 0 Å². The van der Waals surface area contributed by atoms with Gasteiger partial charge < -0.3 is 14.8 Å². The number of benzene rings is 2. The summed E-state index contributed by atoms with van der Waals surface area (Å²) in [5.74, 6) is -1.20. The van der Waals surface area contributed by atoms with Crippen molar-refractivity contribution in [3.8, 4) is 5.75 Å². The number of nitrogens with one attached hydrogen (secondary N) is 2. The summed E-state index contributed by atoms with van der Waals surface area (Å²) < 4.78 is 38.0. The van der Waals surface area contributed by atoms with E-state index in [0.29, 0.717) is 5.69 Å². The van der Waals surface area contributed by atoms with Gasteiger partial charge in [0.2, 0.25) is 10.0 Å². The van der Waals surface area contributed by atoms with Gasteiger partial charge in [-0.3, -0.25) is 4.79 Å². The Balaban J connectivity index is 1.73. The number of ether oxygens (including phenoxy) is 2. The Morgan fingerprint density at radius 3 is 2.41 bits per heavy atom. The quantitative estimate of drug-likeness (QED) is 0.637. The van der Waals surface area contributed by atoms with Crippen LogP contribution in [0.4, 0.5) is 5.69 Å². The van der Waals surface area contributed by atoms with Gasteiger partial charge in [0.25, 0.3) is 5.91 Å². The SMILES string of the molecule is COc1ccc(C(=O)OC(C)C(=O)Nc2ccccc2)cc1S(=O)(=O)NC1CC1. The molecule has 0 spiro atoms. The molecule has 29 heavy (non-hydrogen) atoms. The van der Waals surface area contributed by atoms with Gasteiger partial charge in [0, 0.05) is 11.7 Å². The van der Waals surface area contributed by atoms with Gasteiger partial charge in [-0.2, -0.15) is 0 Å². The fourth-order valence-electron chi connectivity index (χ4n) is 2.55. The van der Waals surface area contributed by atoms with Gasteiger partial charge in [-0.25, -0.2) is 17.9 Å². The molecule has 0 radical (unpaired) electrons. The molecule has 1 amide bonds. The third-order valence-corrected chi connectivity index (χ3v) is 5.82. The number of hydrogen-bond acceptors (Lipinski definition) is 6. The Hall–Kier alpha value is -2.91. The van der Waals surface area contributed by atoms with E-state index in [1.54, 1.807) is 24.3 Å². The Bertz CT molecular complexity index is 1000. The minimum absolute atomic E-state index is 0.00123. The van der Waals surface area contributed by atoms with Crippen LogP contribution < -0.4 is 14.8 Å². The van der Waals surface area contributed by atoms with Crippen LogP contribution in [-0.2, 0) is 19.6 Å². The van der Waals surface area contributed by atoms with Crippen LogP contribution in [0.5, 0.6) is 5.75 Å². The Morgan fingerprint density at radius 1 is 1.10 bits per heavy atom. The molecule has 1 unspecified atom stereocenters. The smallest absolute Gasteiger partial charge is 0.338 e. The summed E-state index contributed by atoms with van der Waals surface area (Å²) in [6.07, 6.45) is 0.476. The lowest BCUT2D eigenvalue weighted by atomic mass is 10.2. The van der Waals surface area contributed by atoms with E-state index in [4.69, 9.17) is 9.47 Å². The maximum absolute atomic E-state index is 12.6. The van der Waals surface area contributed by atoms with E-state index < -0.39 is 28.0 Å². The predicted molar refractivity (Wildman–Crippen MR) is 106 cm³/mol. The zero-order chi connectivity index (χ0) is 21.0. The van der Waals surface area contributed by atoms with Crippen molar-refractivity contribution in [3.05, 3.63) is 54.1 Å². The van der Waals surface area contributed by atoms with E-state index in [1.165, 1.54) is 32.2 Å². The maximum Gasteiger partial charge on any atom is 0.338 e. The lowest BCUT2D eigenvalue weighted by Crippen LogP contribution is -2.30. The number of carbonyl (C=O) groups is 2. The Kier molecular flexibility index (Phi) is 6.19. The molecule has 1 fully saturated rings. The molecule has 1 aliphatic carbocycles. The highest BCUT2D eigenvalue weighted by molar-refractivity contribution is 7.89. The lowest BCUT2D eigenvalue weighted by Gasteiger charge is -2.15. The highest BCUT2D eigenvalue weighted by Crippen LogP contribution is 2.28. The van der Waals surface area contributed by atoms with Gasteiger partial charge in [-0.05, 0) is 50.1 Å². The largest absolute Gasteiger partial charge is 0.495 e. The second-order valence-electron chi connectivity index (χ2n) is 6.66. The second kappa shape index (κ2) is 8.62. The van der Waals surface area contributed by atoms with Crippen LogP contribution in [0.15, 0.2) is 53.4 Å². The van der Waals surface area contributed by atoms with Crippen molar-refractivity contribution in [2.24, 2.45) is 0 Å². The number of methoxy groups -OCH3 is 1. The lowest BCUT2D eigenvalue weighted by molar-refractivity contribution is -0.123. The van der Waals surface area contributed by atoms with Crippen LogP contribution >= 0.6 is 0 Å². The van der Waals surface area contributed by atoms with Gasteiger partial charge in [0.15, 0.2) is 6.10 Å². The highest BCUT2D eigenvalue weighted by atomic mass is 32.2. The van der Waals surface area contributed by atoms with Crippen LogP contribution in [0.3, 0.4) is 0 Å². The van der Waals surface area contributed by atoms with Crippen molar-refractivity contribution in [3.63, 3.8) is 0 Å². The molecule has 2 aromatic carbocycles. The summed E-state index contributed by atoms with van der Waals surface area (Å²) in [5.41, 5.74) is 0.575. The molecule has 0 aliphatic heterocycles. The number of para-hydroxylation sites is 1. The molecule has 0 heterocycles. The molecule has 0 saturated heterocycles. The highest BCUT2D eigenvalue weighted by Gasteiger charge is 2.30. The van der Waals surface area contributed by atoms with Crippen molar-refractivity contribution < 1.29 is 27.5 Å². The van der Waals surface area contributed by atoms with Crippen LogP contribution in [0.1, 0.15) is 30.1 Å². The monoisotopic (exact) mass is 418 g/mol. The average Bonchev–Trinajstić information content (AvgIpc) is 3.51. The number of hydrogen-bond donors (Lipinski definition) is 2. The minimum atomic E-state index is -3.84. The second-order valence-corrected chi connectivity index (χ2v) is 8.35. The number of sulfonamides is 1. The van der Waals surface area contributed by atoms with E-state index in [-0.39, 0.29) is 22.3 Å². The first-order chi connectivity index (χ1) is 13.8. The van der Waals surface area contributed by atoms with Crippen molar-refractivity contribution in [2.75, 3.05) is 12.4 Å². The first-order valence-electron chi connectivity index (χ1n) is 9.07. The number of amides is 1. The first kappa shape index (κ1) is 20.8. The van der Waals surface area contributed by atoms with E-state index in [2.05, 4.69) is 10.0 Å². The van der Waals surface area contributed by atoms with Crippen molar-refractivity contribution in [2.45, 2.75) is 36.8 Å². The maximum atomic E-state index is 12.6. The average molecular weight is 418 g/mol. The van der Waals surface area contributed by atoms with Crippen molar-refractivity contribution in [1.29, 1.82) is 0 Å². The Morgan fingerprint density at radius 2 is 1.79 bits per heavy atom. The van der Waals surface area contributed by atoms with E-state index in [0.717, 1.165) is 12.8 Å². The standard InChI is InChI=1S/C20H22N2O6S/c1-13(19(23)21-15-6-4-3-5-7-15)28-20(24)14-8-11-17(27-2)18(12-14)29(25,26)22-16-9-10-16/h3-8,11-13,16,22H,9-10H2,1-2H3,(H,21,23). The van der Waals surface area contributed by atoms with Crippen molar-refractivity contribution in [1.82, 2.24) is 4.72 Å². The molecule has 1 aliphatic rings. The third-order valence-electron chi connectivity index (χ3n) is 4.28. The van der Waals surface area contributed by atoms with Crippen LogP contribution in [-0.4, -0.2) is 39.5 Å². The number of rotatable bonds is 8. The van der Waals surface area contributed by atoms with Crippen LogP contribution in [0.2, 0.25) is 0 Å². The minimum Gasteiger partial charge on any atom is -0.495 e. The van der Waals surface area contributed by atoms with E-state index in [9.17, 15) is 18.0 Å². The molecule has 1 atom stereocenters. The molecular formula is C20H22N2O6S. The summed E-state index contributed by atoms with van der Waals surface area (Å²) in [6.45, 7) is 1.44. The summed E-state index contributed by atoms with van der Waals surface area (Å²) in [7, 11) is -2.50. The molecule has 2 N–H and O–H groups in total.